The molecule has 0 unspecified atom stereocenters. The quantitative estimate of drug-likeness (QED) is 0.770. The van der Waals surface area contributed by atoms with E-state index in [1.165, 1.54) is 0 Å². The van der Waals surface area contributed by atoms with Gasteiger partial charge in [0.15, 0.2) is 0 Å². The van der Waals surface area contributed by atoms with Gasteiger partial charge in [-0.3, -0.25) is 4.79 Å². The number of ketones is 1. The zero-order chi connectivity index (χ0) is 10.2. The van der Waals surface area contributed by atoms with Gasteiger partial charge in [0.05, 0.1) is 11.5 Å². The van der Waals surface area contributed by atoms with Crippen LogP contribution in [0.25, 0.3) is 0 Å². The molecule has 1 aromatic rings. The van der Waals surface area contributed by atoms with E-state index in [-0.39, 0.29) is 11.9 Å². The summed E-state index contributed by atoms with van der Waals surface area (Å²) < 4.78 is 0. The monoisotopic (exact) mass is 190 g/mol. The van der Waals surface area contributed by atoms with Gasteiger partial charge in [-0.25, -0.2) is 0 Å². The second-order valence-corrected chi connectivity index (χ2v) is 4.07. The first-order valence-corrected chi connectivity index (χ1v) is 4.90. The van der Waals surface area contributed by atoms with E-state index in [1.807, 2.05) is 30.3 Å². The van der Waals surface area contributed by atoms with Crippen LogP contribution in [0.15, 0.2) is 30.3 Å². The summed E-state index contributed by atoms with van der Waals surface area (Å²) in [7, 11) is 0. The lowest BCUT2D eigenvalue weighted by atomic mass is 9.60. The fourth-order valence-corrected chi connectivity index (χ4v) is 2.23. The SMILES string of the molecule is CC(=O)[C@]1(c2ccccc2)C[C@H](O)C1. The average molecular weight is 190 g/mol. The van der Waals surface area contributed by atoms with Gasteiger partial charge in [0.2, 0.25) is 0 Å². The molecule has 0 atom stereocenters. The highest BCUT2D eigenvalue weighted by Gasteiger charge is 2.48. The van der Waals surface area contributed by atoms with Gasteiger partial charge >= 0.3 is 0 Å². The Balaban J connectivity index is 2.34. The maximum absolute atomic E-state index is 11.6. The lowest BCUT2D eigenvalue weighted by Gasteiger charge is -2.43. The van der Waals surface area contributed by atoms with Crippen molar-refractivity contribution in [2.75, 3.05) is 0 Å². The highest BCUT2D eigenvalue weighted by atomic mass is 16.3. The van der Waals surface area contributed by atoms with Crippen molar-refractivity contribution in [2.45, 2.75) is 31.3 Å². The maximum atomic E-state index is 11.6. The molecule has 0 spiro atoms. The van der Waals surface area contributed by atoms with Crippen LogP contribution in [-0.4, -0.2) is 17.0 Å². The van der Waals surface area contributed by atoms with Gasteiger partial charge in [0.1, 0.15) is 5.78 Å². The second kappa shape index (κ2) is 3.21. The molecule has 0 amide bonds. The predicted octanol–water partition coefficient (Wildman–Crippen LogP) is 1.67. The van der Waals surface area contributed by atoms with E-state index in [1.54, 1.807) is 6.92 Å². The summed E-state index contributed by atoms with van der Waals surface area (Å²) in [6.07, 6.45) is 0.845. The zero-order valence-corrected chi connectivity index (χ0v) is 8.23. The van der Waals surface area contributed by atoms with Crippen LogP contribution in [-0.2, 0) is 10.2 Å². The van der Waals surface area contributed by atoms with Crippen LogP contribution in [0.5, 0.6) is 0 Å². The molecule has 1 aromatic carbocycles. The van der Waals surface area contributed by atoms with Crippen LogP contribution in [0.4, 0.5) is 0 Å². The van der Waals surface area contributed by atoms with Crippen molar-refractivity contribution in [1.29, 1.82) is 0 Å². The molecular weight excluding hydrogens is 176 g/mol. The first-order valence-electron chi connectivity index (χ1n) is 4.90. The van der Waals surface area contributed by atoms with Crippen LogP contribution in [0.1, 0.15) is 25.3 Å². The standard InChI is InChI=1S/C12H14O2/c1-9(13)12(7-11(14)8-12)10-5-3-2-4-6-10/h2-6,11,14H,7-8H2,1H3/t11-,12-. The molecule has 14 heavy (non-hydrogen) atoms. The van der Waals surface area contributed by atoms with Crippen molar-refractivity contribution in [3.8, 4) is 0 Å². The lowest BCUT2D eigenvalue weighted by molar-refractivity contribution is -0.130. The Morgan fingerprint density at radius 2 is 1.93 bits per heavy atom. The van der Waals surface area contributed by atoms with Crippen LogP contribution in [0.3, 0.4) is 0 Å². The molecule has 1 aliphatic rings. The molecule has 2 nitrogen and oxygen atoms in total. The molecule has 0 aromatic heterocycles. The van der Waals surface area contributed by atoms with E-state index >= 15 is 0 Å². The van der Waals surface area contributed by atoms with Crippen molar-refractivity contribution in [2.24, 2.45) is 0 Å². The summed E-state index contributed by atoms with van der Waals surface area (Å²) in [4.78, 5) is 11.6. The summed E-state index contributed by atoms with van der Waals surface area (Å²) in [6, 6.07) is 9.74. The van der Waals surface area contributed by atoms with Gasteiger partial charge < -0.3 is 5.11 Å². The number of rotatable bonds is 2. The van der Waals surface area contributed by atoms with Crippen LogP contribution in [0, 0.1) is 0 Å². The summed E-state index contributed by atoms with van der Waals surface area (Å²) in [6.45, 7) is 1.61. The largest absolute Gasteiger partial charge is 0.393 e. The summed E-state index contributed by atoms with van der Waals surface area (Å²) >= 11 is 0. The van der Waals surface area contributed by atoms with E-state index in [2.05, 4.69) is 0 Å². The first-order chi connectivity index (χ1) is 6.65. The Kier molecular flexibility index (Phi) is 2.16. The highest BCUT2D eigenvalue weighted by Crippen LogP contribution is 2.44. The minimum atomic E-state index is -0.402. The minimum absolute atomic E-state index is 0.161. The van der Waals surface area contributed by atoms with Crippen molar-refractivity contribution in [1.82, 2.24) is 0 Å². The van der Waals surface area contributed by atoms with Crippen molar-refractivity contribution >= 4 is 5.78 Å². The molecule has 0 radical (unpaired) electrons. The third-order valence-electron chi connectivity index (χ3n) is 3.17. The van der Waals surface area contributed by atoms with Gasteiger partial charge in [-0.05, 0) is 25.3 Å². The van der Waals surface area contributed by atoms with Gasteiger partial charge in [-0.2, -0.15) is 0 Å². The molecular formula is C12H14O2. The fraction of sp³-hybridized carbons (Fsp3) is 0.417. The highest BCUT2D eigenvalue weighted by molar-refractivity contribution is 5.89. The average Bonchev–Trinajstić information content (AvgIpc) is 2.13. The molecule has 0 bridgehead atoms. The Morgan fingerprint density at radius 3 is 2.36 bits per heavy atom. The second-order valence-electron chi connectivity index (χ2n) is 4.07. The Labute approximate surface area is 83.6 Å². The Morgan fingerprint density at radius 1 is 1.36 bits per heavy atom. The van der Waals surface area contributed by atoms with E-state index in [9.17, 15) is 9.90 Å². The molecule has 1 saturated carbocycles. The van der Waals surface area contributed by atoms with E-state index < -0.39 is 5.41 Å². The van der Waals surface area contributed by atoms with Crippen molar-refractivity contribution in [3.63, 3.8) is 0 Å². The van der Waals surface area contributed by atoms with E-state index in [0.717, 1.165) is 5.56 Å². The minimum Gasteiger partial charge on any atom is -0.393 e. The number of aliphatic hydroxyl groups excluding tert-OH is 1. The van der Waals surface area contributed by atoms with Crippen LogP contribution in [0.2, 0.25) is 0 Å². The zero-order valence-electron chi connectivity index (χ0n) is 8.23. The van der Waals surface area contributed by atoms with Gasteiger partial charge in [0.25, 0.3) is 0 Å². The number of hydrogen-bond acceptors (Lipinski definition) is 2. The number of carbonyl (C=O) groups is 1. The number of Topliss-reactive ketones (excluding diaryl/α,β-unsaturated/α-hetero) is 1. The first kappa shape index (κ1) is 9.41. The maximum Gasteiger partial charge on any atom is 0.140 e. The molecule has 1 N–H and O–H groups in total. The fourth-order valence-electron chi connectivity index (χ4n) is 2.23. The molecule has 74 valence electrons. The number of carbonyl (C=O) groups excluding carboxylic acids is 1. The van der Waals surface area contributed by atoms with Gasteiger partial charge in [-0.15, -0.1) is 0 Å². The predicted molar refractivity (Wildman–Crippen MR) is 54.0 cm³/mol. The van der Waals surface area contributed by atoms with Gasteiger partial charge in [-0.1, -0.05) is 30.3 Å². The molecule has 2 rings (SSSR count). The topological polar surface area (TPSA) is 37.3 Å². The van der Waals surface area contributed by atoms with E-state index in [4.69, 9.17) is 0 Å². The molecule has 2 heteroatoms. The molecule has 0 aliphatic heterocycles. The Hall–Kier alpha value is -1.15. The Bertz CT molecular complexity index is 337. The number of aliphatic hydroxyl groups is 1. The number of hydrogen-bond donors (Lipinski definition) is 1. The normalized spacial score (nSPS) is 30.9. The smallest absolute Gasteiger partial charge is 0.140 e. The van der Waals surface area contributed by atoms with Gasteiger partial charge in [0, 0.05) is 0 Å². The third-order valence-corrected chi connectivity index (χ3v) is 3.17. The lowest BCUT2D eigenvalue weighted by Crippen LogP contribution is -2.49. The summed E-state index contributed by atoms with van der Waals surface area (Å²) in [5.41, 5.74) is 0.638. The third kappa shape index (κ3) is 1.26. The summed E-state index contributed by atoms with van der Waals surface area (Å²) in [5, 5.41) is 9.34. The van der Waals surface area contributed by atoms with Crippen LogP contribution >= 0.6 is 0 Å². The molecule has 0 heterocycles. The summed E-state index contributed by atoms with van der Waals surface area (Å²) in [5.74, 6) is 0.161. The number of benzene rings is 1. The van der Waals surface area contributed by atoms with E-state index in [0.29, 0.717) is 12.8 Å². The van der Waals surface area contributed by atoms with Crippen molar-refractivity contribution in [3.05, 3.63) is 35.9 Å². The van der Waals surface area contributed by atoms with Crippen molar-refractivity contribution < 1.29 is 9.90 Å². The molecule has 1 aliphatic carbocycles. The molecule has 0 saturated heterocycles. The molecule has 1 fully saturated rings. The van der Waals surface area contributed by atoms with Crippen LogP contribution < -0.4 is 0 Å².